The quantitative estimate of drug-likeness (QED) is 0.442. The molecule has 0 spiro atoms. The van der Waals surface area contributed by atoms with E-state index in [-0.39, 0.29) is 17.7 Å². The van der Waals surface area contributed by atoms with E-state index in [1.54, 1.807) is 58.3 Å². The van der Waals surface area contributed by atoms with Crippen LogP contribution in [0.25, 0.3) is 5.69 Å². The van der Waals surface area contributed by atoms with E-state index in [0.717, 1.165) is 11.4 Å². The largest absolute Gasteiger partial charge is 0.351 e. The summed E-state index contributed by atoms with van der Waals surface area (Å²) < 4.78 is 31.3. The fourth-order valence-electron chi connectivity index (χ4n) is 4.06. The fraction of sp³-hybridized carbons (Fsp3) is 0.0833. The van der Waals surface area contributed by atoms with Gasteiger partial charge in [0, 0.05) is 18.1 Å². The number of hydrogen-bond acceptors (Lipinski definition) is 2. The fourth-order valence-corrected chi connectivity index (χ4v) is 4.40. The van der Waals surface area contributed by atoms with E-state index in [1.165, 1.54) is 12.1 Å². The maximum atomic E-state index is 14.8. The first-order valence-corrected chi connectivity index (χ1v) is 10.2. The average molecular weight is 432 g/mol. The number of nitrogens with one attached hydrogen (secondary N) is 1. The number of rotatable bonds is 4. The molecule has 1 fully saturated rings. The second-order valence-corrected chi connectivity index (χ2v) is 7.59. The van der Waals surface area contributed by atoms with Gasteiger partial charge in [0.05, 0.1) is 23.1 Å². The third kappa shape index (κ3) is 3.37. The van der Waals surface area contributed by atoms with Gasteiger partial charge in [0.1, 0.15) is 17.7 Å². The molecule has 0 aliphatic carbocycles. The second-order valence-electron chi connectivity index (χ2n) is 7.20. The van der Waals surface area contributed by atoms with Gasteiger partial charge in [-0.25, -0.2) is 8.78 Å². The Morgan fingerprint density at radius 2 is 1.48 bits per heavy atom. The van der Waals surface area contributed by atoms with Crippen molar-refractivity contribution in [3.05, 3.63) is 114 Å². The van der Waals surface area contributed by atoms with E-state index in [0.29, 0.717) is 16.5 Å². The van der Waals surface area contributed by atoms with Crippen LogP contribution in [0, 0.1) is 11.6 Å². The summed E-state index contributed by atoms with van der Waals surface area (Å²) >= 11 is 5.63. The molecule has 4 aromatic rings. The number of anilines is 1. The van der Waals surface area contributed by atoms with Crippen LogP contribution < -0.4 is 10.2 Å². The maximum Gasteiger partial charge on any atom is 0.174 e. The first kappa shape index (κ1) is 19.4. The molecule has 2 aromatic heterocycles. The van der Waals surface area contributed by atoms with Crippen LogP contribution in [0.3, 0.4) is 0 Å². The van der Waals surface area contributed by atoms with Crippen molar-refractivity contribution in [1.82, 2.24) is 14.9 Å². The van der Waals surface area contributed by atoms with E-state index < -0.39 is 6.04 Å². The number of nitrogens with zero attached hydrogens (tertiary/aromatic N) is 3. The van der Waals surface area contributed by atoms with Gasteiger partial charge in [0.15, 0.2) is 5.11 Å². The van der Waals surface area contributed by atoms with Gasteiger partial charge in [-0.3, -0.25) is 4.98 Å². The van der Waals surface area contributed by atoms with Gasteiger partial charge in [-0.05, 0) is 60.7 Å². The lowest BCUT2D eigenvalue weighted by molar-refractivity contribution is 0.537. The van der Waals surface area contributed by atoms with Crippen molar-refractivity contribution < 1.29 is 8.78 Å². The smallest absolute Gasteiger partial charge is 0.174 e. The normalized spacial score (nSPS) is 18.3. The van der Waals surface area contributed by atoms with Crippen molar-refractivity contribution in [2.45, 2.75) is 12.1 Å². The number of para-hydroxylation sites is 2. The topological polar surface area (TPSA) is 33.1 Å². The van der Waals surface area contributed by atoms with Gasteiger partial charge in [-0.2, -0.15) is 0 Å². The summed E-state index contributed by atoms with van der Waals surface area (Å²) in [4.78, 5) is 6.25. The highest BCUT2D eigenvalue weighted by atomic mass is 32.1. The molecule has 0 amide bonds. The van der Waals surface area contributed by atoms with E-state index in [2.05, 4.69) is 10.3 Å². The Kier molecular flexibility index (Phi) is 4.95. The Morgan fingerprint density at radius 1 is 0.806 bits per heavy atom. The van der Waals surface area contributed by atoms with Gasteiger partial charge in [-0.15, -0.1) is 0 Å². The van der Waals surface area contributed by atoms with Gasteiger partial charge in [0.2, 0.25) is 0 Å². The van der Waals surface area contributed by atoms with Crippen molar-refractivity contribution in [1.29, 1.82) is 0 Å². The highest BCUT2D eigenvalue weighted by molar-refractivity contribution is 7.80. The van der Waals surface area contributed by atoms with Crippen molar-refractivity contribution in [3.8, 4) is 5.69 Å². The van der Waals surface area contributed by atoms with Crippen LogP contribution in [0.4, 0.5) is 14.5 Å². The molecular weight excluding hydrogens is 414 g/mol. The third-order valence-corrected chi connectivity index (χ3v) is 5.72. The van der Waals surface area contributed by atoms with Gasteiger partial charge >= 0.3 is 0 Å². The molecule has 2 atom stereocenters. The predicted molar refractivity (Wildman–Crippen MR) is 120 cm³/mol. The Balaban J connectivity index is 1.71. The van der Waals surface area contributed by atoms with Crippen molar-refractivity contribution in [3.63, 3.8) is 0 Å². The molecule has 4 nitrogen and oxygen atoms in total. The first-order chi connectivity index (χ1) is 15.1. The monoisotopic (exact) mass is 432 g/mol. The van der Waals surface area contributed by atoms with Crippen molar-refractivity contribution in [2.75, 3.05) is 4.90 Å². The highest BCUT2D eigenvalue weighted by Crippen LogP contribution is 2.43. The number of hydrogen-bond donors (Lipinski definition) is 1. The molecule has 1 aliphatic rings. The predicted octanol–water partition coefficient (Wildman–Crippen LogP) is 5.33. The van der Waals surface area contributed by atoms with E-state index >= 15 is 0 Å². The lowest BCUT2D eigenvalue weighted by Crippen LogP contribution is -2.31. The molecule has 2 aromatic carbocycles. The van der Waals surface area contributed by atoms with Gasteiger partial charge < -0.3 is 14.8 Å². The molecule has 0 unspecified atom stereocenters. The van der Waals surface area contributed by atoms with Gasteiger partial charge in [-0.1, -0.05) is 30.3 Å². The molecular formula is C24H18F2N4S. The second kappa shape index (κ2) is 7.92. The minimum Gasteiger partial charge on any atom is -0.351 e. The summed E-state index contributed by atoms with van der Waals surface area (Å²) in [6.45, 7) is 0. The molecule has 1 aliphatic heterocycles. The molecule has 5 rings (SSSR count). The summed E-state index contributed by atoms with van der Waals surface area (Å²) in [6, 6.07) is 21.6. The molecule has 1 N–H and O–H groups in total. The molecule has 0 bridgehead atoms. The Bertz CT molecular complexity index is 1240. The summed E-state index contributed by atoms with van der Waals surface area (Å²) in [7, 11) is 0. The number of halogens is 2. The number of pyridine rings is 1. The van der Waals surface area contributed by atoms with E-state index in [1.807, 2.05) is 30.3 Å². The molecule has 0 radical (unpaired) electrons. The number of thiocarbonyl (C=S) groups is 1. The molecule has 1 saturated heterocycles. The van der Waals surface area contributed by atoms with Crippen molar-refractivity contribution >= 4 is 23.0 Å². The van der Waals surface area contributed by atoms with Crippen LogP contribution in [0.2, 0.25) is 0 Å². The molecule has 154 valence electrons. The van der Waals surface area contributed by atoms with E-state index in [9.17, 15) is 8.78 Å². The zero-order valence-electron chi connectivity index (χ0n) is 16.3. The minimum atomic E-state index is -0.450. The SMILES string of the molecule is Fc1ccccc1N1C(=S)N[C@@H](c2ccccn2)[C@H]1c1cccn1-c1ccccc1F. The van der Waals surface area contributed by atoms with Crippen LogP contribution in [-0.4, -0.2) is 14.7 Å². The number of benzene rings is 2. The Hall–Kier alpha value is -3.58. The van der Waals surface area contributed by atoms with Crippen LogP contribution in [-0.2, 0) is 0 Å². The zero-order chi connectivity index (χ0) is 21.4. The van der Waals surface area contributed by atoms with E-state index in [4.69, 9.17) is 12.2 Å². The molecule has 0 saturated carbocycles. The standard InChI is InChI=1S/C24H18F2N4S/c25-16-8-1-3-11-19(16)29-15-7-13-21(29)23-22(18-10-5-6-14-27-18)28-24(31)30(23)20-12-4-2-9-17(20)26/h1-15,22-23H,(H,28,31)/t22-,23+/m0/s1. The lowest BCUT2D eigenvalue weighted by atomic mass is 10.0. The van der Waals surface area contributed by atoms with Crippen LogP contribution >= 0.6 is 12.2 Å². The highest BCUT2D eigenvalue weighted by Gasteiger charge is 2.43. The van der Waals surface area contributed by atoms with Crippen LogP contribution in [0.5, 0.6) is 0 Å². The van der Waals surface area contributed by atoms with Crippen molar-refractivity contribution in [2.24, 2.45) is 0 Å². The van der Waals surface area contributed by atoms with Gasteiger partial charge in [0.25, 0.3) is 0 Å². The molecule has 3 heterocycles. The summed E-state index contributed by atoms with van der Waals surface area (Å²) in [5.41, 5.74) is 2.28. The zero-order valence-corrected chi connectivity index (χ0v) is 17.1. The maximum absolute atomic E-state index is 14.8. The number of aromatic nitrogens is 2. The van der Waals surface area contributed by atoms with Crippen LogP contribution in [0.15, 0.2) is 91.3 Å². The Morgan fingerprint density at radius 3 is 2.16 bits per heavy atom. The average Bonchev–Trinajstić information content (AvgIpc) is 3.39. The molecule has 31 heavy (non-hydrogen) atoms. The minimum absolute atomic E-state index is 0.347. The Labute approximate surface area is 183 Å². The third-order valence-electron chi connectivity index (χ3n) is 5.41. The molecule has 7 heteroatoms. The summed E-state index contributed by atoms with van der Waals surface area (Å²) in [5.74, 6) is -0.734. The summed E-state index contributed by atoms with van der Waals surface area (Å²) in [5, 5.41) is 3.68. The first-order valence-electron chi connectivity index (χ1n) is 9.82. The van der Waals surface area contributed by atoms with Crippen LogP contribution in [0.1, 0.15) is 23.5 Å². The summed E-state index contributed by atoms with van der Waals surface area (Å²) in [6.07, 6.45) is 3.50. The lowest BCUT2D eigenvalue weighted by Gasteiger charge is -2.29.